The number of oxime groups is 1. The fraction of sp³-hybridized carbons (Fsp3) is 0.222. The maximum absolute atomic E-state index is 12.9. The molecule has 4 nitrogen and oxygen atoms in total. The van der Waals surface area contributed by atoms with Crippen LogP contribution in [0.5, 0.6) is 0 Å². The van der Waals surface area contributed by atoms with Crippen molar-refractivity contribution in [3.8, 4) is 0 Å². The fourth-order valence-electron chi connectivity index (χ4n) is 1.08. The molecule has 1 aromatic rings. The van der Waals surface area contributed by atoms with Gasteiger partial charge in [0.05, 0.1) is 12.1 Å². The van der Waals surface area contributed by atoms with E-state index < -0.39 is 17.6 Å². The molecule has 0 aliphatic heterocycles. The van der Waals surface area contributed by atoms with Crippen molar-refractivity contribution in [1.29, 1.82) is 0 Å². The number of nitrogens with zero attached hydrogens (tertiary/aromatic N) is 1. The first-order valence-corrected chi connectivity index (χ1v) is 4.41. The second kappa shape index (κ2) is 4.89. The van der Waals surface area contributed by atoms with Crippen LogP contribution in [0.15, 0.2) is 23.4 Å². The largest absolute Gasteiger partial charge is 0.419 e. The van der Waals surface area contributed by atoms with Gasteiger partial charge in [0.15, 0.2) is 5.84 Å². The zero-order valence-corrected chi connectivity index (χ0v) is 8.42. The number of rotatable bonds is 3. The maximum Gasteiger partial charge on any atom is 0.419 e. The minimum atomic E-state index is -4.77. The number of benzene rings is 1. The van der Waals surface area contributed by atoms with Gasteiger partial charge in [0.2, 0.25) is 0 Å². The van der Waals surface area contributed by atoms with Crippen LogP contribution in [-0.2, 0) is 6.18 Å². The van der Waals surface area contributed by atoms with Crippen LogP contribution in [0, 0.1) is 5.82 Å². The Labute approximate surface area is 93.7 Å². The summed E-state index contributed by atoms with van der Waals surface area (Å²) in [6, 6.07) is 2.42. The molecule has 0 aliphatic carbocycles. The van der Waals surface area contributed by atoms with Crippen molar-refractivity contribution >= 4 is 11.5 Å². The number of anilines is 1. The van der Waals surface area contributed by atoms with Gasteiger partial charge < -0.3 is 16.3 Å². The summed E-state index contributed by atoms with van der Waals surface area (Å²) in [6.07, 6.45) is -4.77. The van der Waals surface area contributed by atoms with E-state index in [0.29, 0.717) is 12.1 Å². The van der Waals surface area contributed by atoms with Crippen LogP contribution in [0.2, 0.25) is 0 Å². The standard InChI is InChI=1S/C9H9F4N3O/c10-7-2-1-5(15-4-8(14)16-17)3-6(7)9(11,12)13/h1-3,15,17H,4H2,(H2,14,16). The van der Waals surface area contributed by atoms with Gasteiger partial charge in [-0.3, -0.25) is 0 Å². The highest BCUT2D eigenvalue weighted by Gasteiger charge is 2.34. The third kappa shape index (κ3) is 3.51. The van der Waals surface area contributed by atoms with E-state index >= 15 is 0 Å². The average Bonchev–Trinajstić information content (AvgIpc) is 2.26. The first-order chi connectivity index (χ1) is 7.84. The molecule has 0 spiro atoms. The van der Waals surface area contributed by atoms with Crippen LogP contribution in [-0.4, -0.2) is 17.6 Å². The van der Waals surface area contributed by atoms with Crippen molar-refractivity contribution in [2.24, 2.45) is 10.9 Å². The topological polar surface area (TPSA) is 70.6 Å². The molecule has 0 unspecified atom stereocenters. The molecule has 17 heavy (non-hydrogen) atoms. The first kappa shape index (κ1) is 13.1. The molecule has 8 heteroatoms. The molecule has 0 radical (unpaired) electrons. The third-order valence-corrected chi connectivity index (χ3v) is 1.87. The monoisotopic (exact) mass is 251 g/mol. The molecule has 0 amide bonds. The Morgan fingerprint density at radius 1 is 1.41 bits per heavy atom. The molecule has 0 heterocycles. The number of halogens is 4. The van der Waals surface area contributed by atoms with Crippen molar-refractivity contribution < 1.29 is 22.8 Å². The van der Waals surface area contributed by atoms with Crippen molar-refractivity contribution in [1.82, 2.24) is 0 Å². The molecule has 0 atom stereocenters. The van der Waals surface area contributed by atoms with Crippen LogP contribution < -0.4 is 11.1 Å². The predicted molar refractivity (Wildman–Crippen MR) is 53.3 cm³/mol. The van der Waals surface area contributed by atoms with E-state index in [1.165, 1.54) is 0 Å². The Balaban J connectivity index is 2.90. The van der Waals surface area contributed by atoms with Gasteiger partial charge in [-0.05, 0) is 18.2 Å². The molecule has 4 N–H and O–H groups in total. The number of hydrogen-bond donors (Lipinski definition) is 3. The minimum Gasteiger partial charge on any atom is -0.409 e. The quantitative estimate of drug-likeness (QED) is 0.253. The molecule has 0 bridgehead atoms. The Hall–Kier alpha value is -1.99. The molecule has 0 saturated carbocycles. The Bertz CT molecular complexity index is 431. The number of hydrogen-bond acceptors (Lipinski definition) is 3. The van der Waals surface area contributed by atoms with Crippen LogP contribution >= 0.6 is 0 Å². The van der Waals surface area contributed by atoms with E-state index in [-0.39, 0.29) is 18.1 Å². The van der Waals surface area contributed by atoms with Gasteiger partial charge in [-0.15, -0.1) is 0 Å². The van der Waals surface area contributed by atoms with Gasteiger partial charge in [0.1, 0.15) is 5.82 Å². The van der Waals surface area contributed by atoms with Gasteiger partial charge in [-0.25, -0.2) is 4.39 Å². The SMILES string of the molecule is NC(CNc1ccc(F)c(C(F)(F)F)c1)=NO. The smallest absolute Gasteiger partial charge is 0.409 e. The van der Waals surface area contributed by atoms with E-state index in [1.807, 2.05) is 0 Å². The number of nitrogens with one attached hydrogen (secondary N) is 1. The molecule has 0 aliphatic rings. The molecule has 0 fully saturated rings. The normalized spacial score (nSPS) is 12.6. The van der Waals surface area contributed by atoms with Gasteiger partial charge in [0.25, 0.3) is 0 Å². The second-order valence-corrected chi connectivity index (χ2v) is 3.14. The summed E-state index contributed by atoms with van der Waals surface area (Å²) >= 11 is 0. The van der Waals surface area contributed by atoms with Crippen molar-refractivity contribution in [2.45, 2.75) is 6.18 Å². The van der Waals surface area contributed by atoms with E-state index in [4.69, 9.17) is 10.9 Å². The lowest BCUT2D eigenvalue weighted by atomic mass is 10.2. The average molecular weight is 251 g/mol. The lowest BCUT2D eigenvalue weighted by molar-refractivity contribution is -0.139. The molecule has 0 aromatic heterocycles. The van der Waals surface area contributed by atoms with E-state index in [1.54, 1.807) is 0 Å². The van der Waals surface area contributed by atoms with Crippen LogP contribution in [0.25, 0.3) is 0 Å². The van der Waals surface area contributed by atoms with Crippen LogP contribution in [0.1, 0.15) is 5.56 Å². The van der Waals surface area contributed by atoms with Gasteiger partial charge in [-0.2, -0.15) is 13.2 Å². The van der Waals surface area contributed by atoms with Crippen molar-refractivity contribution in [3.63, 3.8) is 0 Å². The fourth-order valence-corrected chi connectivity index (χ4v) is 1.08. The predicted octanol–water partition coefficient (Wildman–Crippen LogP) is 2.00. The van der Waals surface area contributed by atoms with Gasteiger partial charge in [-0.1, -0.05) is 5.16 Å². The number of amidine groups is 1. The Morgan fingerprint density at radius 2 is 2.06 bits per heavy atom. The summed E-state index contributed by atoms with van der Waals surface area (Å²) in [5.74, 6) is -1.56. The molecular formula is C9H9F4N3O. The van der Waals surface area contributed by atoms with E-state index in [9.17, 15) is 17.6 Å². The van der Waals surface area contributed by atoms with E-state index in [2.05, 4.69) is 10.5 Å². The Morgan fingerprint density at radius 3 is 2.59 bits per heavy atom. The lowest BCUT2D eigenvalue weighted by Gasteiger charge is -2.11. The summed E-state index contributed by atoms with van der Waals surface area (Å²) < 4.78 is 49.9. The molecule has 1 aromatic carbocycles. The van der Waals surface area contributed by atoms with Crippen molar-refractivity contribution in [2.75, 3.05) is 11.9 Å². The summed E-state index contributed by atoms with van der Waals surface area (Å²) in [4.78, 5) is 0. The van der Waals surface area contributed by atoms with E-state index in [0.717, 1.165) is 6.07 Å². The maximum atomic E-state index is 12.9. The Kier molecular flexibility index (Phi) is 3.77. The number of nitrogens with two attached hydrogens (primary N) is 1. The van der Waals surface area contributed by atoms with Crippen molar-refractivity contribution in [3.05, 3.63) is 29.6 Å². The third-order valence-electron chi connectivity index (χ3n) is 1.87. The summed E-state index contributed by atoms with van der Waals surface area (Å²) in [7, 11) is 0. The van der Waals surface area contributed by atoms with Crippen LogP contribution in [0.3, 0.4) is 0 Å². The lowest BCUT2D eigenvalue weighted by Crippen LogP contribution is -2.22. The molecule has 1 rings (SSSR count). The minimum absolute atomic E-state index is 0.0188. The zero-order valence-electron chi connectivity index (χ0n) is 8.42. The molecular weight excluding hydrogens is 242 g/mol. The number of alkyl halides is 3. The van der Waals surface area contributed by atoms with Gasteiger partial charge in [0, 0.05) is 5.69 Å². The zero-order chi connectivity index (χ0) is 13.1. The highest BCUT2D eigenvalue weighted by molar-refractivity contribution is 5.84. The van der Waals surface area contributed by atoms with Gasteiger partial charge >= 0.3 is 6.18 Å². The summed E-state index contributed by atoms with van der Waals surface area (Å²) in [6.45, 7) is -0.153. The first-order valence-electron chi connectivity index (χ1n) is 4.41. The molecule has 94 valence electrons. The van der Waals surface area contributed by atoms with Crippen LogP contribution in [0.4, 0.5) is 23.2 Å². The summed E-state index contributed by atoms with van der Waals surface area (Å²) in [5, 5.41) is 13.3. The molecule has 0 saturated heterocycles. The summed E-state index contributed by atoms with van der Waals surface area (Å²) in [5.41, 5.74) is 3.76. The second-order valence-electron chi connectivity index (χ2n) is 3.14. The highest BCUT2D eigenvalue weighted by atomic mass is 19.4. The highest BCUT2D eigenvalue weighted by Crippen LogP contribution is 2.32.